The average molecular weight is 399 g/mol. The summed E-state index contributed by atoms with van der Waals surface area (Å²) in [7, 11) is 0. The SMILES string of the molecule is CCC(C)n1nccc1C(=O)NCC[C@H](C)Nc1nc(-c2ccccc2)ns1. The zero-order valence-electron chi connectivity index (χ0n) is 16.4. The number of amides is 1. The van der Waals surface area contributed by atoms with Crippen LogP contribution in [-0.2, 0) is 0 Å². The molecule has 0 bridgehead atoms. The Balaban J connectivity index is 1.47. The molecule has 1 amide bonds. The smallest absolute Gasteiger partial charge is 0.269 e. The van der Waals surface area contributed by atoms with E-state index in [0.717, 1.165) is 29.4 Å². The summed E-state index contributed by atoms with van der Waals surface area (Å²) in [6.45, 7) is 6.78. The van der Waals surface area contributed by atoms with E-state index in [0.29, 0.717) is 12.2 Å². The molecule has 0 spiro atoms. The number of hydrogen-bond acceptors (Lipinski definition) is 6. The molecule has 2 aromatic heterocycles. The van der Waals surface area contributed by atoms with Crippen LogP contribution < -0.4 is 10.6 Å². The molecule has 3 aromatic rings. The molecule has 0 fully saturated rings. The molecule has 2 atom stereocenters. The lowest BCUT2D eigenvalue weighted by atomic mass is 10.2. The number of nitrogens with zero attached hydrogens (tertiary/aromatic N) is 4. The highest BCUT2D eigenvalue weighted by atomic mass is 32.1. The fourth-order valence-electron chi connectivity index (χ4n) is 2.78. The zero-order valence-corrected chi connectivity index (χ0v) is 17.2. The van der Waals surface area contributed by atoms with Crippen LogP contribution in [0.4, 0.5) is 5.13 Å². The molecule has 28 heavy (non-hydrogen) atoms. The second kappa shape index (κ2) is 9.45. The summed E-state index contributed by atoms with van der Waals surface area (Å²) in [6.07, 6.45) is 3.38. The molecule has 0 saturated heterocycles. The summed E-state index contributed by atoms with van der Waals surface area (Å²) in [5, 5.41) is 11.4. The van der Waals surface area contributed by atoms with Crippen LogP contribution >= 0.6 is 11.5 Å². The van der Waals surface area contributed by atoms with E-state index in [2.05, 4.69) is 45.9 Å². The third-order valence-electron chi connectivity index (χ3n) is 4.60. The minimum atomic E-state index is -0.0905. The molecular formula is C20H26N6OS. The van der Waals surface area contributed by atoms with Crippen molar-refractivity contribution in [3.05, 3.63) is 48.3 Å². The van der Waals surface area contributed by atoms with Gasteiger partial charge in [-0.1, -0.05) is 37.3 Å². The number of carbonyl (C=O) groups excluding carboxylic acids is 1. The van der Waals surface area contributed by atoms with E-state index >= 15 is 0 Å². The molecule has 7 nitrogen and oxygen atoms in total. The standard InChI is InChI=1S/C20H26N6OS/c1-4-15(3)26-17(11-13-22-26)19(27)21-12-10-14(2)23-20-24-18(25-28-20)16-8-6-5-7-9-16/h5-9,11,13-15H,4,10,12H2,1-3H3,(H,21,27)(H,23,24,25)/t14-,15?/m0/s1. The molecule has 0 aliphatic rings. The molecule has 3 rings (SSSR count). The summed E-state index contributed by atoms with van der Waals surface area (Å²) in [6, 6.07) is 12.0. The minimum Gasteiger partial charge on any atom is -0.358 e. The molecule has 1 aromatic carbocycles. The topological polar surface area (TPSA) is 84.7 Å². The summed E-state index contributed by atoms with van der Waals surface area (Å²) in [5.74, 6) is 0.638. The number of anilines is 1. The molecule has 2 heterocycles. The highest BCUT2D eigenvalue weighted by molar-refractivity contribution is 7.09. The quantitative estimate of drug-likeness (QED) is 0.569. The predicted octanol–water partition coefficient (Wildman–Crippen LogP) is 3.99. The molecule has 1 unspecified atom stereocenters. The van der Waals surface area contributed by atoms with E-state index in [1.54, 1.807) is 16.9 Å². The maximum absolute atomic E-state index is 12.4. The molecule has 0 aliphatic carbocycles. The van der Waals surface area contributed by atoms with Crippen LogP contribution in [0.3, 0.4) is 0 Å². The van der Waals surface area contributed by atoms with Crippen molar-refractivity contribution < 1.29 is 4.79 Å². The highest BCUT2D eigenvalue weighted by Crippen LogP contribution is 2.21. The number of nitrogens with one attached hydrogen (secondary N) is 2. The lowest BCUT2D eigenvalue weighted by Crippen LogP contribution is -2.30. The van der Waals surface area contributed by atoms with Gasteiger partial charge in [-0.3, -0.25) is 9.48 Å². The molecule has 2 N–H and O–H groups in total. The van der Waals surface area contributed by atoms with Gasteiger partial charge in [0, 0.05) is 41.9 Å². The van der Waals surface area contributed by atoms with Crippen molar-refractivity contribution in [1.29, 1.82) is 0 Å². The van der Waals surface area contributed by atoms with Crippen LogP contribution in [-0.4, -0.2) is 37.6 Å². The summed E-state index contributed by atoms with van der Waals surface area (Å²) < 4.78 is 6.19. The van der Waals surface area contributed by atoms with Crippen LogP contribution in [0.5, 0.6) is 0 Å². The highest BCUT2D eigenvalue weighted by Gasteiger charge is 2.15. The first-order valence-electron chi connectivity index (χ1n) is 9.55. The van der Waals surface area contributed by atoms with Crippen molar-refractivity contribution in [2.24, 2.45) is 0 Å². The molecule has 0 radical (unpaired) electrons. The monoisotopic (exact) mass is 398 g/mol. The van der Waals surface area contributed by atoms with E-state index in [-0.39, 0.29) is 18.0 Å². The number of hydrogen-bond donors (Lipinski definition) is 2. The molecule has 8 heteroatoms. The van der Waals surface area contributed by atoms with Gasteiger partial charge in [0.25, 0.3) is 5.91 Å². The van der Waals surface area contributed by atoms with Crippen molar-refractivity contribution in [3.8, 4) is 11.4 Å². The van der Waals surface area contributed by atoms with Gasteiger partial charge in [0.05, 0.1) is 0 Å². The Bertz CT molecular complexity index is 891. The van der Waals surface area contributed by atoms with E-state index in [1.165, 1.54) is 11.5 Å². The lowest BCUT2D eigenvalue weighted by molar-refractivity contribution is 0.0939. The van der Waals surface area contributed by atoms with Gasteiger partial charge in [-0.25, -0.2) is 0 Å². The van der Waals surface area contributed by atoms with Crippen LogP contribution in [0.25, 0.3) is 11.4 Å². The molecule has 148 valence electrons. The van der Waals surface area contributed by atoms with Gasteiger partial charge in [0.1, 0.15) is 5.69 Å². The normalized spacial score (nSPS) is 13.1. The van der Waals surface area contributed by atoms with Crippen LogP contribution in [0.2, 0.25) is 0 Å². The van der Waals surface area contributed by atoms with Crippen molar-refractivity contribution >= 4 is 22.6 Å². The fraction of sp³-hybridized carbons (Fsp3) is 0.400. The number of rotatable bonds is 9. The third-order valence-corrected chi connectivity index (χ3v) is 5.25. The Labute approximate surface area is 169 Å². The van der Waals surface area contributed by atoms with Crippen molar-refractivity contribution in [3.63, 3.8) is 0 Å². The number of aromatic nitrogens is 4. The Morgan fingerprint density at radius 3 is 2.75 bits per heavy atom. The second-order valence-corrected chi connectivity index (χ2v) is 7.55. The van der Waals surface area contributed by atoms with Gasteiger partial charge in [-0.2, -0.15) is 14.5 Å². The van der Waals surface area contributed by atoms with Gasteiger partial charge < -0.3 is 10.6 Å². The fourth-order valence-corrected chi connectivity index (χ4v) is 3.48. The van der Waals surface area contributed by atoms with Gasteiger partial charge in [-0.05, 0) is 32.8 Å². The molecule has 0 aliphatic heterocycles. The third kappa shape index (κ3) is 4.95. The van der Waals surface area contributed by atoms with E-state index < -0.39 is 0 Å². The van der Waals surface area contributed by atoms with E-state index in [1.807, 2.05) is 30.3 Å². The van der Waals surface area contributed by atoms with Crippen LogP contribution in [0.15, 0.2) is 42.6 Å². The van der Waals surface area contributed by atoms with E-state index in [9.17, 15) is 4.79 Å². The minimum absolute atomic E-state index is 0.0905. The maximum atomic E-state index is 12.4. The molecular weight excluding hydrogens is 372 g/mol. The molecule has 0 saturated carbocycles. The van der Waals surface area contributed by atoms with Crippen molar-refractivity contribution in [2.45, 2.75) is 45.7 Å². The Hall–Kier alpha value is -2.74. The van der Waals surface area contributed by atoms with E-state index in [4.69, 9.17) is 0 Å². The Morgan fingerprint density at radius 1 is 1.21 bits per heavy atom. The van der Waals surface area contributed by atoms with Crippen LogP contribution in [0, 0.1) is 0 Å². The first-order valence-corrected chi connectivity index (χ1v) is 10.3. The van der Waals surface area contributed by atoms with Gasteiger partial charge in [0.2, 0.25) is 5.13 Å². The average Bonchev–Trinajstić information content (AvgIpc) is 3.37. The first kappa shape index (κ1) is 20.0. The van der Waals surface area contributed by atoms with Crippen LogP contribution in [0.1, 0.15) is 50.1 Å². The van der Waals surface area contributed by atoms with Crippen molar-refractivity contribution in [1.82, 2.24) is 24.5 Å². The zero-order chi connectivity index (χ0) is 19.9. The number of benzene rings is 1. The Morgan fingerprint density at radius 2 is 2.00 bits per heavy atom. The van der Waals surface area contributed by atoms with Gasteiger partial charge in [0.15, 0.2) is 5.82 Å². The summed E-state index contributed by atoms with van der Waals surface area (Å²) in [5.41, 5.74) is 1.61. The first-order chi connectivity index (χ1) is 13.6. The number of carbonyl (C=O) groups is 1. The lowest BCUT2D eigenvalue weighted by Gasteiger charge is -2.15. The van der Waals surface area contributed by atoms with Gasteiger partial charge >= 0.3 is 0 Å². The predicted molar refractivity (Wildman–Crippen MR) is 113 cm³/mol. The van der Waals surface area contributed by atoms with Crippen molar-refractivity contribution in [2.75, 3.05) is 11.9 Å². The second-order valence-electron chi connectivity index (χ2n) is 6.80. The summed E-state index contributed by atoms with van der Waals surface area (Å²) >= 11 is 1.35. The Kier molecular flexibility index (Phi) is 6.76. The largest absolute Gasteiger partial charge is 0.358 e. The maximum Gasteiger partial charge on any atom is 0.269 e. The van der Waals surface area contributed by atoms with Gasteiger partial charge in [-0.15, -0.1) is 0 Å². The summed E-state index contributed by atoms with van der Waals surface area (Å²) in [4.78, 5) is 17.0.